The number of carbonyl (C=O) groups is 2. The molecule has 1 aromatic rings. The lowest BCUT2D eigenvalue weighted by Crippen LogP contribution is -2.20. The van der Waals surface area contributed by atoms with Crippen LogP contribution >= 0.6 is 0 Å². The number of hydrogen-bond acceptors (Lipinski definition) is 4. The maximum absolute atomic E-state index is 11.3. The topological polar surface area (TPSA) is 72.8 Å². The van der Waals surface area contributed by atoms with Crippen LogP contribution < -0.4 is 0 Å². The monoisotopic (exact) mass is 210 g/mol. The van der Waals surface area contributed by atoms with Gasteiger partial charge in [-0.15, -0.1) is 0 Å². The zero-order valence-electron chi connectivity index (χ0n) is 8.04. The van der Waals surface area contributed by atoms with Crippen molar-refractivity contribution in [2.45, 2.75) is 13.2 Å². The van der Waals surface area contributed by atoms with Crippen LogP contribution in [-0.4, -0.2) is 23.5 Å². The number of esters is 1. The lowest BCUT2D eigenvalue weighted by atomic mass is 10.2. The molecule has 0 aromatic heterocycles. The summed E-state index contributed by atoms with van der Waals surface area (Å²) in [5.41, 5.74) is 0.346. The quantitative estimate of drug-likeness (QED) is 0.609. The third-order valence-electron chi connectivity index (χ3n) is 1.55. The van der Waals surface area contributed by atoms with Gasteiger partial charge in [0.15, 0.2) is 0 Å². The predicted molar refractivity (Wildman–Crippen MR) is 50.4 cm³/mol. The van der Waals surface area contributed by atoms with Gasteiger partial charge in [-0.05, 0) is 12.1 Å². The van der Waals surface area contributed by atoms with Gasteiger partial charge in [0, 0.05) is 6.92 Å². The summed E-state index contributed by atoms with van der Waals surface area (Å²) in [4.78, 5) is 21.5. The van der Waals surface area contributed by atoms with Gasteiger partial charge in [0.05, 0.1) is 5.56 Å². The van der Waals surface area contributed by atoms with Gasteiger partial charge in [0.25, 0.3) is 0 Å². The van der Waals surface area contributed by atoms with Crippen molar-refractivity contribution >= 4 is 12.1 Å². The Morgan fingerprint density at radius 3 is 2.33 bits per heavy atom. The Balaban J connectivity index is 2.53. The Hall–Kier alpha value is -2.04. The van der Waals surface area contributed by atoms with Gasteiger partial charge in [-0.3, -0.25) is 0 Å². The van der Waals surface area contributed by atoms with E-state index in [2.05, 4.69) is 4.74 Å². The van der Waals surface area contributed by atoms with E-state index in [4.69, 9.17) is 9.84 Å². The Kier molecular flexibility index (Phi) is 3.68. The third-order valence-corrected chi connectivity index (χ3v) is 1.55. The molecule has 1 N–H and O–H groups in total. The Bertz CT molecular complexity index is 346. The van der Waals surface area contributed by atoms with Crippen LogP contribution in [-0.2, 0) is 9.47 Å². The van der Waals surface area contributed by atoms with Crippen molar-refractivity contribution in [2.24, 2.45) is 0 Å². The molecule has 0 fully saturated rings. The summed E-state index contributed by atoms with van der Waals surface area (Å²) in [5.74, 6) is -0.621. The normalized spacial score (nSPS) is 11.5. The van der Waals surface area contributed by atoms with Crippen molar-refractivity contribution in [3.63, 3.8) is 0 Å². The highest BCUT2D eigenvalue weighted by Gasteiger charge is 2.14. The van der Waals surface area contributed by atoms with Gasteiger partial charge in [0.2, 0.25) is 6.29 Å². The fourth-order valence-corrected chi connectivity index (χ4v) is 0.959. The smallest absolute Gasteiger partial charge is 0.450 e. The molecular formula is C10H10O5. The fraction of sp³-hybridized carbons (Fsp3) is 0.200. The van der Waals surface area contributed by atoms with Crippen molar-refractivity contribution in [3.05, 3.63) is 35.9 Å². The van der Waals surface area contributed by atoms with E-state index in [1.165, 1.54) is 6.92 Å². The molecule has 5 nitrogen and oxygen atoms in total. The molecule has 0 amide bonds. The number of carboxylic acid groups (broad SMARTS) is 1. The van der Waals surface area contributed by atoms with E-state index in [9.17, 15) is 9.59 Å². The van der Waals surface area contributed by atoms with Crippen LogP contribution in [0.15, 0.2) is 30.3 Å². The highest BCUT2D eigenvalue weighted by Crippen LogP contribution is 2.04. The number of carbonyl (C=O) groups excluding carboxylic acids is 1. The summed E-state index contributed by atoms with van der Waals surface area (Å²) in [5, 5.41) is 8.25. The molecule has 1 unspecified atom stereocenters. The highest BCUT2D eigenvalue weighted by atomic mass is 16.8. The van der Waals surface area contributed by atoms with E-state index >= 15 is 0 Å². The van der Waals surface area contributed by atoms with Gasteiger partial charge in [-0.2, -0.15) is 0 Å². The largest absolute Gasteiger partial charge is 0.508 e. The molecule has 0 aliphatic heterocycles. The van der Waals surface area contributed by atoms with E-state index in [-0.39, 0.29) is 0 Å². The van der Waals surface area contributed by atoms with Crippen LogP contribution in [0.1, 0.15) is 17.3 Å². The molecule has 0 aliphatic carbocycles. The minimum Gasteiger partial charge on any atom is -0.450 e. The number of benzene rings is 1. The lowest BCUT2D eigenvalue weighted by molar-refractivity contribution is -0.0740. The summed E-state index contributed by atoms with van der Waals surface area (Å²) < 4.78 is 8.92. The minimum atomic E-state index is -1.48. The summed E-state index contributed by atoms with van der Waals surface area (Å²) in [6.07, 6.45) is -2.60. The number of ether oxygens (including phenoxy) is 2. The lowest BCUT2D eigenvalue weighted by Gasteiger charge is -2.11. The average molecular weight is 210 g/mol. The molecule has 1 rings (SSSR count). The van der Waals surface area contributed by atoms with Gasteiger partial charge >= 0.3 is 12.1 Å². The van der Waals surface area contributed by atoms with Crippen LogP contribution in [0.5, 0.6) is 0 Å². The molecule has 0 radical (unpaired) electrons. The molecule has 0 saturated heterocycles. The number of hydrogen-bond donors (Lipinski definition) is 1. The van der Waals surface area contributed by atoms with E-state index in [0.717, 1.165) is 0 Å². The van der Waals surface area contributed by atoms with Gasteiger partial charge in [0.1, 0.15) is 0 Å². The first kappa shape index (κ1) is 11.0. The molecule has 1 atom stereocenters. The minimum absolute atomic E-state index is 0.346. The Labute approximate surface area is 86.2 Å². The van der Waals surface area contributed by atoms with Crippen molar-refractivity contribution in [1.82, 2.24) is 0 Å². The van der Waals surface area contributed by atoms with E-state index in [1.54, 1.807) is 30.3 Å². The molecule has 15 heavy (non-hydrogen) atoms. The van der Waals surface area contributed by atoms with E-state index < -0.39 is 18.4 Å². The van der Waals surface area contributed by atoms with E-state index in [0.29, 0.717) is 5.56 Å². The summed E-state index contributed by atoms with van der Waals surface area (Å²) >= 11 is 0. The van der Waals surface area contributed by atoms with Crippen LogP contribution in [0.4, 0.5) is 4.79 Å². The van der Waals surface area contributed by atoms with Crippen molar-refractivity contribution in [3.8, 4) is 0 Å². The van der Waals surface area contributed by atoms with Crippen LogP contribution in [0.3, 0.4) is 0 Å². The zero-order valence-corrected chi connectivity index (χ0v) is 8.04. The summed E-state index contributed by atoms with van der Waals surface area (Å²) in [6, 6.07) is 8.25. The maximum atomic E-state index is 11.3. The second kappa shape index (κ2) is 4.99. The van der Waals surface area contributed by atoms with Crippen molar-refractivity contribution < 1.29 is 24.2 Å². The summed E-state index contributed by atoms with van der Waals surface area (Å²) in [6.45, 7) is 1.33. The summed E-state index contributed by atoms with van der Waals surface area (Å²) in [7, 11) is 0. The molecular weight excluding hydrogens is 200 g/mol. The average Bonchev–Trinajstić information content (AvgIpc) is 2.17. The second-order valence-electron chi connectivity index (χ2n) is 2.72. The second-order valence-corrected chi connectivity index (χ2v) is 2.72. The van der Waals surface area contributed by atoms with Gasteiger partial charge in [-0.1, -0.05) is 18.2 Å². The molecule has 5 heteroatoms. The first-order valence-corrected chi connectivity index (χ1v) is 4.25. The van der Waals surface area contributed by atoms with Crippen LogP contribution in [0.25, 0.3) is 0 Å². The molecule has 0 saturated carbocycles. The fourth-order valence-electron chi connectivity index (χ4n) is 0.959. The third kappa shape index (κ3) is 3.68. The van der Waals surface area contributed by atoms with Crippen LogP contribution in [0.2, 0.25) is 0 Å². The maximum Gasteiger partial charge on any atom is 0.508 e. The Morgan fingerprint density at radius 2 is 1.80 bits per heavy atom. The van der Waals surface area contributed by atoms with Crippen molar-refractivity contribution in [2.75, 3.05) is 0 Å². The first-order chi connectivity index (χ1) is 7.09. The zero-order chi connectivity index (χ0) is 11.3. The van der Waals surface area contributed by atoms with Gasteiger partial charge in [-0.25, -0.2) is 9.59 Å². The Morgan fingerprint density at radius 1 is 1.20 bits per heavy atom. The molecule has 1 aromatic carbocycles. The predicted octanol–water partition coefficient (Wildman–Crippen LogP) is 1.88. The van der Waals surface area contributed by atoms with Crippen molar-refractivity contribution in [1.29, 1.82) is 0 Å². The van der Waals surface area contributed by atoms with Crippen LogP contribution in [0, 0.1) is 0 Å². The first-order valence-electron chi connectivity index (χ1n) is 4.25. The SMILES string of the molecule is CC(OC(=O)O)OC(=O)c1ccccc1. The molecule has 80 valence electrons. The molecule has 0 spiro atoms. The van der Waals surface area contributed by atoms with E-state index in [1.807, 2.05) is 0 Å². The number of rotatable bonds is 3. The van der Waals surface area contributed by atoms with Gasteiger partial charge < -0.3 is 14.6 Å². The molecule has 0 heterocycles. The molecule has 0 bridgehead atoms. The molecule has 0 aliphatic rings. The standard InChI is InChI=1S/C10H10O5/c1-7(15-10(12)13)14-9(11)8-5-3-2-4-6-8/h2-7H,1H3,(H,12,13). The highest BCUT2D eigenvalue weighted by molar-refractivity contribution is 5.89.